The fourth-order valence-corrected chi connectivity index (χ4v) is 1.42. The van der Waals surface area contributed by atoms with Gasteiger partial charge < -0.3 is 5.73 Å². The summed E-state index contributed by atoms with van der Waals surface area (Å²) in [7, 11) is 0. The van der Waals surface area contributed by atoms with Crippen LogP contribution in [0.25, 0.3) is 0 Å². The van der Waals surface area contributed by atoms with Gasteiger partial charge in [-0.2, -0.15) is 13.2 Å². The monoisotopic (exact) mass is 284 g/mol. The molecule has 0 aliphatic rings. The lowest BCUT2D eigenvalue weighted by Crippen LogP contribution is -2.20. The lowest BCUT2D eigenvalue weighted by molar-refractivity contribution is -0.385. The summed E-state index contributed by atoms with van der Waals surface area (Å²) in [4.78, 5) is 9.98. The van der Waals surface area contributed by atoms with Crippen LogP contribution in [0.3, 0.4) is 0 Å². The molecule has 0 aromatic heterocycles. The Bertz CT molecular complexity index is 438. The van der Waals surface area contributed by atoms with Gasteiger partial charge in [-0.05, 0) is 12.5 Å². The molecule has 1 atom stereocenters. The van der Waals surface area contributed by atoms with E-state index in [4.69, 9.17) is 5.73 Å². The van der Waals surface area contributed by atoms with Crippen LogP contribution < -0.4 is 5.73 Å². The molecule has 1 rings (SSSR count). The minimum Gasteiger partial charge on any atom is -0.324 e. The van der Waals surface area contributed by atoms with Crippen molar-refractivity contribution in [2.75, 3.05) is 0 Å². The molecule has 0 amide bonds. The van der Waals surface area contributed by atoms with Gasteiger partial charge in [-0.25, -0.2) is 0 Å². The summed E-state index contributed by atoms with van der Waals surface area (Å²) < 4.78 is 36.3. The summed E-state index contributed by atoms with van der Waals surface area (Å²) in [5.41, 5.74) is 5.63. The molecule has 0 heterocycles. The average Bonchev–Trinajstić information content (AvgIpc) is 2.14. The molecule has 0 saturated heterocycles. The molecular formula is C10H12ClF3N2O2. The minimum atomic E-state index is -4.39. The number of nitro groups is 1. The molecule has 102 valence electrons. The Balaban J connectivity index is 0.00000289. The topological polar surface area (TPSA) is 69.2 Å². The number of hydrogen-bond acceptors (Lipinski definition) is 3. The van der Waals surface area contributed by atoms with Gasteiger partial charge >= 0.3 is 6.18 Å². The summed E-state index contributed by atoms with van der Waals surface area (Å²) in [5.74, 6) is 0. The van der Waals surface area contributed by atoms with E-state index in [0.29, 0.717) is 5.56 Å². The Labute approximate surface area is 108 Å². The third-order valence-corrected chi connectivity index (χ3v) is 2.31. The van der Waals surface area contributed by atoms with E-state index in [1.807, 2.05) is 0 Å². The van der Waals surface area contributed by atoms with Crippen molar-refractivity contribution in [2.45, 2.75) is 25.6 Å². The van der Waals surface area contributed by atoms with Gasteiger partial charge in [0.15, 0.2) is 0 Å². The lowest BCUT2D eigenvalue weighted by atomic mass is 10.0. The second-order valence-corrected chi connectivity index (χ2v) is 3.73. The molecule has 18 heavy (non-hydrogen) atoms. The first kappa shape index (κ1) is 16.7. The van der Waals surface area contributed by atoms with Crippen LogP contribution in [0.15, 0.2) is 18.2 Å². The van der Waals surface area contributed by atoms with Crippen LogP contribution in [0.5, 0.6) is 0 Å². The Morgan fingerprint density at radius 3 is 2.44 bits per heavy atom. The predicted molar refractivity (Wildman–Crippen MR) is 62.7 cm³/mol. The van der Waals surface area contributed by atoms with Crippen LogP contribution in [-0.4, -0.2) is 11.1 Å². The maximum atomic E-state index is 12.1. The Hall–Kier alpha value is -1.34. The zero-order chi connectivity index (χ0) is 13.2. The van der Waals surface area contributed by atoms with Gasteiger partial charge in [0.25, 0.3) is 5.69 Å². The number of rotatable bonds is 3. The van der Waals surface area contributed by atoms with Crippen molar-refractivity contribution in [1.29, 1.82) is 0 Å². The smallest absolute Gasteiger partial charge is 0.324 e. The number of nitro benzene ring substituents is 1. The van der Waals surface area contributed by atoms with Crippen LogP contribution in [0, 0.1) is 17.0 Å². The van der Waals surface area contributed by atoms with Gasteiger partial charge in [0, 0.05) is 17.7 Å². The van der Waals surface area contributed by atoms with Crippen LogP contribution >= 0.6 is 12.4 Å². The summed E-state index contributed by atoms with van der Waals surface area (Å²) >= 11 is 0. The molecule has 0 radical (unpaired) electrons. The van der Waals surface area contributed by atoms with Crippen molar-refractivity contribution in [3.63, 3.8) is 0 Å². The molecule has 8 heteroatoms. The number of aryl methyl sites for hydroxylation is 1. The molecule has 4 nitrogen and oxygen atoms in total. The molecule has 2 N–H and O–H groups in total. The second-order valence-electron chi connectivity index (χ2n) is 3.73. The molecule has 0 bridgehead atoms. The molecule has 1 aromatic carbocycles. The van der Waals surface area contributed by atoms with Crippen molar-refractivity contribution in [1.82, 2.24) is 0 Å². The van der Waals surface area contributed by atoms with Gasteiger partial charge in [-0.1, -0.05) is 12.1 Å². The highest BCUT2D eigenvalue weighted by Gasteiger charge is 2.31. The molecule has 0 spiro atoms. The van der Waals surface area contributed by atoms with E-state index in [9.17, 15) is 23.3 Å². The molecule has 0 fully saturated rings. The Morgan fingerprint density at radius 2 is 2.00 bits per heavy atom. The lowest BCUT2D eigenvalue weighted by Gasteiger charge is -2.14. The van der Waals surface area contributed by atoms with E-state index in [1.54, 1.807) is 0 Å². The molecule has 1 aromatic rings. The van der Waals surface area contributed by atoms with Gasteiger partial charge in [0.2, 0.25) is 0 Å². The fraction of sp³-hybridized carbons (Fsp3) is 0.400. The van der Waals surface area contributed by atoms with Crippen LogP contribution in [0.2, 0.25) is 0 Å². The highest BCUT2D eigenvalue weighted by molar-refractivity contribution is 5.85. The summed E-state index contributed by atoms with van der Waals surface area (Å²) in [6.07, 6.45) is -5.59. The fourth-order valence-electron chi connectivity index (χ4n) is 1.42. The standard InChI is InChI=1S/C10H11F3N2O2.ClH/c1-6-2-3-7(4-9(6)15(16)17)8(14)5-10(11,12)13;/h2-4,8H,5,14H2,1H3;1H/t8-;/m1./s1. The van der Waals surface area contributed by atoms with Crippen LogP contribution in [0.4, 0.5) is 18.9 Å². The quantitative estimate of drug-likeness (QED) is 0.684. The highest BCUT2D eigenvalue weighted by Crippen LogP contribution is 2.30. The first-order valence-electron chi connectivity index (χ1n) is 4.78. The molecule has 0 saturated carbocycles. The maximum absolute atomic E-state index is 12.1. The number of nitrogens with zero attached hydrogens (tertiary/aromatic N) is 1. The number of nitrogens with two attached hydrogens (primary N) is 1. The van der Waals surface area contributed by atoms with E-state index in [0.717, 1.165) is 6.07 Å². The Kier molecular flexibility index (Phi) is 5.56. The van der Waals surface area contributed by atoms with Crippen molar-refractivity contribution in [2.24, 2.45) is 5.73 Å². The number of benzene rings is 1. The van der Waals surface area contributed by atoms with E-state index in [-0.39, 0.29) is 23.7 Å². The highest BCUT2D eigenvalue weighted by atomic mass is 35.5. The van der Waals surface area contributed by atoms with Gasteiger partial charge in [0.05, 0.1) is 11.3 Å². The van der Waals surface area contributed by atoms with E-state index in [2.05, 4.69) is 0 Å². The number of alkyl halides is 3. The molecule has 0 aliphatic carbocycles. The second kappa shape index (κ2) is 6.01. The van der Waals surface area contributed by atoms with E-state index < -0.39 is 23.6 Å². The van der Waals surface area contributed by atoms with E-state index in [1.165, 1.54) is 19.1 Å². The normalized spacial score (nSPS) is 12.7. The third kappa shape index (κ3) is 4.50. The van der Waals surface area contributed by atoms with Crippen LogP contribution in [-0.2, 0) is 0 Å². The summed E-state index contributed by atoms with van der Waals surface area (Å²) in [6.45, 7) is 1.51. The molecule has 0 aliphatic heterocycles. The summed E-state index contributed by atoms with van der Waals surface area (Å²) in [6, 6.07) is 2.57. The number of hydrogen-bond donors (Lipinski definition) is 1. The van der Waals surface area contributed by atoms with Gasteiger partial charge in [-0.3, -0.25) is 10.1 Å². The van der Waals surface area contributed by atoms with Crippen molar-refractivity contribution >= 4 is 18.1 Å². The predicted octanol–water partition coefficient (Wildman–Crippen LogP) is 3.28. The summed E-state index contributed by atoms with van der Waals surface area (Å²) in [5, 5.41) is 10.6. The van der Waals surface area contributed by atoms with Crippen molar-refractivity contribution in [3.8, 4) is 0 Å². The SMILES string of the molecule is Cc1ccc([C@H](N)CC(F)(F)F)cc1[N+](=O)[O-].Cl. The number of halogens is 4. The third-order valence-electron chi connectivity index (χ3n) is 2.31. The van der Waals surface area contributed by atoms with Crippen LogP contribution in [0.1, 0.15) is 23.6 Å². The average molecular weight is 285 g/mol. The molecule has 0 unspecified atom stereocenters. The maximum Gasteiger partial charge on any atom is 0.390 e. The first-order valence-corrected chi connectivity index (χ1v) is 4.78. The van der Waals surface area contributed by atoms with E-state index >= 15 is 0 Å². The molecular weight excluding hydrogens is 273 g/mol. The zero-order valence-electron chi connectivity index (χ0n) is 9.40. The minimum absolute atomic E-state index is 0. The van der Waals surface area contributed by atoms with Crippen molar-refractivity contribution < 1.29 is 18.1 Å². The Morgan fingerprint density at radius 1 is 1.44 bits per heavy atom. The van der Waals surface area contributed by atoms with Gasteiger partial charge in [0.1, 0.15) is 0 Å². The van der Waals surface area contributed by atoms with Gasteiger partial charge in [-0.15, -0.1) is 12.4 Å². The largest absolute Gasteiger partial charge is 0.390 e. The first-order chi connectivity index (χ1) is 7.70. The van der Waals surface area contributed by atoms with Crippen molar-refractivity contribution in [3.05, 3.63) is 39.4 Å². The zero-order valence-corrected chi connectivity index (χ0v) is 10.2.